The minimum absolute atomic E-state index is 0.149. The number of carbonyl (C=O) groups excluding carboxylic acids is 2. The van der Waals surface area contributed by atoms with Crippen LogP contribution in [0, 0.1) is 0 Å². The molecule has 2 rings (SSSR count). The second kappa shape index (κ2) is 11.7. The number of carbonyl (C=O) groups is 2. The quantitative estimate of drug-likeness (QED) is 0.408. The summed E-state index contributed by atoms with van der Waals surface area (Å²) in [6.45, 7) is 3.64. The van der Waals surface area contributed by atoms with Gasteiger partial charge in [0.2, 0.25) is 0 Å². The summed E-state index contributed by atoms with van der Waals surface area (Å²) < 4.78 is 9.68. The van der Waals surface area contributed by atoms with Gasteiger partial charge in [-0.05, 0) is 38.1 Å². The Balaban J connectivity index is 0.000000350. The van der Waals surface area contributed by atoms with Crippen LogP contribution in [0.1, 0.15) is 25.5 Å². The third-order valence-electron chi connectivity index (χ3n) is 2.82. The first-order chi connectivity index (χ1) is 12.4. The summed E-state index contributed by atoms with van der Waals surface area (Å²) >= 11 is 16.9. The van der Waals surface area contributed by atoms with Gasteiger partial charge in [0.05, 0.1) is 29.0 Å². The summed E-state index contributed by atoms with van der Waals surface area (Å²) in [5.41, 5.74) is 0.149. The average molecular weight is 420 g/mol. The maximum Gasteiger partial charge on any atom is 0.326 e. The van der Waals surface area contributed by atoms with Crippen molar-refractivity contribution in [1.82, 2.24) is 9.97 Å². The second-order valence-corrected chi connectivity index (χ2v) is 5.76. The van der Waals surface area contributed by atoms with Gasteiger partial charge in [-0.3, -0.25) is 14.6 Å². The Morgan fingerprint density at radius 2 is 1.42 bits per heavy atom. The Hall–Kier alpha value is -1.89. The van der Waals surface area contributed by atoms with Crippen molar-refractivity contribution in [2.45, 2.75) is 19.8 Å². The van der Waals surface area contributed by atoms with Gasteiger partial charge >= 0.3 is 11.9 Å². The molecular weight excluding hydrogens is 403 g/mol. The molecule has 0 spiro atoms. The Labute approximate surface area is 166 Å². The first kappa shape index (κ1) is 22.2. The van der Waals surface area contributed by atoms with E-state index in [1.54, 1.807) is 44.3 Å². The fourth-order valence-corrected chi connectivity index (χ4v) is 2.22. The first-order valence-electron chi connectivity index (χ1n) is 7.62. The molecule has 0 aliphatic rings. The third kappa shape index (κ3) is 6.78. The zero-order valence-corrected chi connectivity index (χ0v) is 16.4. The van der Waals surface area contributed by atoms with Gasteiger partial charge < -0.3 is 9.47 Å². The van der Waals surface area contributed by atoms with Crippen LogP contribution < -0.4 is 0 Å². The number of esters is 2. The third-order valence-corrected chi connectivity index (χ3v) is 3.84. The smallest absolute Gasteiger partial charge is 0.326 e. The molecule has 2 heterocycles. The van der Waals surface area contributed by atoms with Crippen molar-refractivity contribution in [2.75, 3.05) is 13.2 Å². The van der Waals surface area contributed by atoms with Crippen molar-refractivity contribution in [2.24, 2.45) is 0 Å². The molecule has 0 fully saturated rings. The van der Waals surface area contributed by atoms with Gasteiger partial charge in [0, 0.05) is 12.4 Å². The van der Waals surface area contributed by atoms with Crippen LogP contribution in [0.15, 0.2) is 36.7 Å². The van der Waals surface area contributed by atoms with Crippen LogP contribution in [0.25, 0.3) is 0 Å². The Morgan fingerprint density at radius 3 is 1.81 bits per heavy atom. The molecule has 0 saturated heterocycles. The largest absolute Gasteiger partial charge is 0.465 e. The van der Waals surface area contributed by atoms with E-state index in [1.807, 2.05) is 0 Å². The van der Waals surface area contributed by atoms with E-state index in [1.165, 1.54) is 6.20 Å². The molecule has 0 aromatic carbocycles. The molecule has 9 heteroatoms. The number of rotatable bonds is 5. The molecule has 0 bridgehead atoms. The molecule has 26 heavy (non-hydrogen) atoms. The SMILES string of the molecule is CCOC(=O)C(C(=O)OCC)c1ncccc1Cl.Clc1cccnc1Cl. The maximum atomic E-state index is 11.8. The molecule has 0 unspecified atom stereocenters. The highest BCUT2D eigenvalue weighted by Gasteiger charge is 2.34. The van der Waals surface area contributed by atoms with Crippen LogP contribution in [0.4, 0.5) is 0 Å². The van der Waals surface area contributed by atoms with E-state index in [0.717, 1.165) is 0 Å². The van der Waals surface area contributed by atoms with Crippen LogP contribution >= 0.6 is 34.8 Å². The highest BCUT2D eigenvalue weighted by Crippen LogP contribution is 2.24. The van der Waals surface area contributed by atoms with Crippen molar-refractivity contribution in [3.8, 4) is 0 Å². The average Bonchev–Trinajstić information content (AvgIpc) is 2.61. The van der Waals surface area contributed by atoms with Crippen molar-refractivity contribution in [3.63, 3.8) is 0 Å². The van der Waals surface area contributed by atoms with Gasteiger partial charge in [-0.2, -0.15) is 0 Å². The highest BCUT2D eigenvalue weighted by molar-refractivity contribution is 6.41. The van der Waals surface area contributed by atoms with Crippen molar-refractivity contribution >= 4 is 46.7 Å². The summed E-state index contributed by atoms with van der Waals surface area (Å²) in [6, 6.07) is 6.58. The Kier molecular flexibility index (Phi) is 9.95. The fraction of sp³-hybridized carbons (Fsp3) is 0.294. The standard InChI is InChI=1S/C12H14ClNO4.C5H3Cl2N/c1-3-17-11(15)9(12(16)18-4-2)10-8(13)6-5-7-14-10;6-4-2-1-3-8-5(4)7/h5-7,9H,3-4H2,1-2H3;1-3H. The minimum atomic E-state index is -1.24. The van der Waals surface area contributed by atoms with Crippen LogP contribution in [0.2, 0.25) is 15.2 Å². The number of hydrogen-bond donors (Lipinski definition) is 0. The molecule has 140 valence electrons. The first-order valence-corrected chi connectivity index (χ1v) is 8.75. The van der Waals surface area contributed by atoms with Crippen molar-refractivity contribution < 1.29 is 19.1 Å². The summed E-state index contributed by atoms with van der Waals surface area (Å²) in [6.07, 6.45) is 3.04. The lowest BCUT2D eigenvalue weighted by atomic mass is 10.1. The second-order valence-electron chi connectivity index (χ2n) is 4.58. The maximum absolute atomic E-state index is 11.8. The van der Waals surface area contributed by atoms with Gasteiger partial charge in [0.1, 0.15) is 5.15 Å². The molecule has 0 N–H and O–H groups in total. The normalized spacial score (nSPS) is 9.92. The number of aromatic nitrogens is 2. The van der Waals surface area contributed by atoms with Gasteiger partial charge in [-0.15, -0.1) is 0 Å². The summed E-state index contributed by atoms with van der Waals surface area (Å²) in [4.78, 5) is 31.2. The van der Waals surface area contributed by atoms with E-state index in [0.29, 0.717) is 10.2 Å². The molecule has 2 aromatic rings. The zero-order chi connectivity index (χ0) is 19.5. The monoisotopic (exact) mass is 418 g/mol. The summed E-state index contributed by atoms with van der Waals surface area (Å²) in [5, 5.41) is 1.08. The molecule has 0 saturated carbocycles. The van der Waals surface area contributed by atoms with E-state index < -0.39 is 17.9 Å². The number of ether oxygens (including phenoxy) is 2. The van der Waals surface area contributed by atoms with E-state index >= 15 is 0 Å². The number of nitrogens with zero attached hydrogens (tertiary/aromatic N) is 2. The van der Waals surface area contributed by atoms with Gasteiger partial charge in [-0.1, -0.05) is 34.8 Å². The van der Waals surface area contributed by atoms with E-state index in [-0.39, 0.29) is 23.9 Å². The van der Waals surface area contributed by atoms with Crippen molar-refractivity contribution in [3.05, 3.63) is 57.6 Å². The lowest BCUT2D eigenvalue weighted by Crippen LogP contribution is -2.27. The van der Waals surface area contributed by atoms with E-state index in [9.17, 15) is 9.59 Å². The lowest BCUT2D eigenvalue weighted by molar-refractivity contribution is -0.157. The van der Waals surface area contributed by atoms with E-state index in [2.05, 4.69) is 9.97 Å². The minimum Gasteiger partial charge on any atom is -0.465 e. The van der Waals surface area contributed by atoms with Crippen LogP contribution in [0.5, 0.6) is 0 Å². The summed E-state index contributed by atoms with van der Waals surface area (Å²) in [7, 11) is 0. The van der Waals surface area contributed by atoms with E-state index in [4.69, 9.17) is 44.3 Å². The molecule has 0 aliphatic carbocycles. The molecule has 0 radical (unpaired) electrons. The molecule has 0 atom stereocenters. The Bertz CT molecular complexity index is 704. The fourth-order valence-electron chi connectivity index (χ4n) is 1.75. The lowest BCUT2D eigenvalue weighted by Gasteiger charge is -2.14. The Morgan fingerprint density at radius 1 is 0.923 bits per heavy atom. The predicted octanol–water partition coefficient (Wildman–Crippen LogP) is 4.33. The number of halogens is 3. The number of hydrogen-bond acceptors (Lipinski definition) is 6. The van der Waals surface area contributed by atoms with Crippen LogP contribution in [-0.4, -0.2) is 35.1 Å². The number of pyridine rings is 2. The molecule has 2 aromatic heterocycles. The van der Waals surface area contributed by atoms with Gasteiger partial charge in [0.15, 0.2) is 5.92 Å². The van der Waals surface area contributed by atoms with Crippen LogP contribution in [-0.2, 0) is 19.1 Å². The molecule has 0 amide bonds. The summed E-state index contributed by atoms with van der Waals surface area (Å²) in [5.74, 6) is -2.66. The van der Waals surface area contributed by atoms with Crippen LogP contribution in [0.3, 0.4) is 0 Å². The molecular formula is C17H17Cl3N2O4. The zero-order valence-electron chi connectivity index (χ0n) is 14.1. The van der Waals surface area contributed by atoms with Gasteiger partial charge in [-0.25, -0.2) is 4.98 Å². The highest BCUT2D eigenvalue weighted by atomic mass is 35.5. The topological polar surface area (TPSA) is 78.4 Å². The van der Waals surface area contributed by atoms with Crippen molar-refractivity contribution in [1.29, 1.82) is 0 Å². The predicted molar refractivity (Wildman–Crippen MR) is 99.5 cm³/mol. The molecule has 0 aliphatic heterocycles. The van der Waals surface area contributed by atoms with Gasteiger partial charge in [0.25, 0.3) is 0 Å². The molecule has 6 nitrogen and oxygen atoms in total.